The standard InChI is InChI=1S/C13H17ClN2O/c1-9(2)6-11(8-15)16-10-4-5-13(17-3)12(14)7-10/h4-5,7,9,11,16H,6H2,1-3H3. The fourth-order valence-electron chi connectivity index (χ4n) is 1.57. The molecule has 4 heteroatoms. The molecule has 0 aliphatic heterocycles. The summed E-state index contributed by atoms with van der Waals surface area (Å²) in [7, 11) is 1.57. The summed E-state index contributed by atoms with van der Waals surface area (Å²) >= 11 is 6.01. The highest BCUT2D eigenvalue weighted by Gasteiger charge is 2.10. The first kappa shape index (κ1) is 13.7. The van der Waals surface area contributed by atoms with E-state index < -0.39 is 0 Å². The Morgan fingerprint density at radius 2 is 2.18 bits per heavy atom. The number of anilines is 1. The second kappa shape index (κ2) is 6.36. The Bertz CT molecular complexity index is 412. The van der Waals surface area contributed by atoms with Crippen LogP contribution >= 0.6 is 11.6 Å². The molecule has 1 rings (SSSR count). The SMILES string of the molecule is COc1ccc(NC(C#N)CC(C)C)cc1Cl. The number of hydrogen-bond donors (Lipinski definition) is 1. The molecular formula is C13H17ClN2O. The van der Waals surface area contributed by atoms with Crippen molar-refractivity contribution in [3.05, 3.63) is 23.2 Å². The Hall–Kier alpha value is -1.40. The summed E-state index contributed by atoms with van der Waals surface area (Å²) in [5.74, 6) is 1.11. The molecule has 0 radical (unpaired) electrons. The molecule has 1 aromatic rings. The van der Waals surface area contributed by atoms with Gasteiger partial charge in [-0.1, -0.05) is 25.4 Å². The number of nitriles is 1. The lowest BCUT2D eigenvalue weighted by Crippen LogP contribution is -2.19. The summed E-state index contributed by atoms with van der Waals surface area (Å²) in [6, 6.07) is 7.46. The maximum atomic E-state index is 9.04. The van der Waals surface area contributed by atoms with Crippen LogP contribution in [-0.2, 0) is 0 Å². The Morgan fingerprint density at radius 1 is 1.47 bits per heavy atom. The van der Waals surface area contributed by atoms with Crippen LogP contribution in [0.3, 0.4) is 0 Å². The Morgan fingerprint density at radius 3 is 2.65 bits per heavy atom. The second-order valence-corrected chi connectivity index (χ2v) is 4.71. The zero-order valence-electron chi connectivity index (χ0n) is 10.3. The normalized spacial score (nSPS) is 12.0. The summed E-state index contributed by atoms with van der Waals surface area (Å²) in [6.07, 6.45) is 0.806. The molecule has 1 unspecified atom stereocenters. The van der Waals surface area contributed by atoms with Crippen LogP contribution in [0.4, 0.5) is 5.69 Å². The molecule has 0 bridgehead atoms. The number of methoxy groups -OCH3 is 1. The summed E-state index contributed by atoms with van der Waals surface area (Å²) in [4.78, 5) is 0. The van der Waals surface area contributed by atoms with Gasteiger partial charge in [-0.15, -0.1) is 0 Å². The molecule has 1 aromatic carbocycles. The van der Waals surface area contributed by atoms with Crippen molar-refractivity contribution in [2.45, 2.75) is 26.3 Å². The van der Waals surface area contributed by atoms with E-state index in [0.29, 0.717) is 16.7 Å². The molecule has 0 aliphatic carbocycles. The molecule has 1 atom stereocenters. The molecule has 0 heterocycles. The third-order valence-corrected chi connectivity index (χ3v) is 2.65. The Kier molecular flexibility index (Phi) is 5.11. The topological polar surface area (TPSA) is 45.0 Å². The molecule has 0 fully saturated rings. The predicted molar refractivity (Wildman–Crippen MR) is 70.5 cm³/mol. The van der Waals surface area contributed by atoms with Crippen LogP contribution in [0.15, 0.2) is 18.2 Å². The molecule has 17 heavy (non-hydrogen) atoms. The predicted octanol–water partition coefficient (Wildman–Crippen LogP) is 3.70. The zero-order valence-corrected chi connectivity index (χ0v) is 11.1. The minimum absolute atomic E-state index is 0.195. The lowest BCUT2D eigenvalue weighted by Gasteiger charge is -2.15. The number of halogens is 1. The monoisotopic (exact) mass is 252 g/mol. The van der Waals surface area contributed by atoms with E-state index in [0.717, 1.165) is 12.1 Å². The molecule has 0 saturated carbocycles. The minimum Gasteiger partial charge on any atom is -0.495 e. The maximum absolute atomic E-state index is 9.04. The van der Waals surface area contributed by atoms with Gasteiger partial charge < -0.3 is 10.1 Å². The smallest absolute Gasteiger partial charge is 0.137 e. The van der Waals surface area contributed by atoms with Crippen LogP contribution < -0.4 is 10.1 Å². The van der Waals surface area contributed by atoms with Gasteiger partial charge in [0.25, 0.3) is 0 Å². The number of rotatable bonds is 5. The van der Waals surface area contributed by atoms with Gasteiger partial charge in [0.2, 0.25) is 0 Å². The Labute approximate surface area is 107 Å². The van der Waals surface area contributed by atoms with Crippen LogP contribution in [0.1, 0.15) is 20.3 Å². The van der Waals surface area contributed by atoms with Gasteiger partial charge in [-0.05, 0) is 30.5 Å². The first-order chi connectivity index (χ1) is 8.06. The molecule has 0 saturated heterocycles. The molecule has 3 nitrogen and oxygen atoms in total. The average molecular weight is 253 g/mol. The van der Waals surface area contributed by atoms with Gasteiger partial charge in [0.1, 0.15) is 11.8 Å². The van der Waals surface area contributed by atoms with E-state index in [4.69, 9.17) is 21.6 Å². The van der Waals surface area contributed by atoms with Crippen LogP contribution in [0.25, 0.3) is 0 Å². The number of nitrogens with one attached hydrogen (secondary N) is 1. The highest BCUT2D eigenvalue weighted by Crippen LogP contribution is 2.27. The highest BCUT2D eigenvalue weighted by atomic mass is 35.5. The van der Waals surface area contributed by atoms with Gasteiger partial charge in [0, 0.05) is 5.69 Å². The van der Waals surface area contributed by atoms with Crippen molar-refractivity contribution in [2.75, 3.05) is 12.4 Å². The molecule has 0 amide bonds. The van der Waals surface area contributed by atoms with E-state index in [2.05, 4.69) is 25.2 Å². The molecule has 0 aromatic heterocycles. The van der Waals surface area contributed by atoms with Gasteiger partial charge >= 0.3 is 0 Å². The van der Waals surface area contributed by atoms with E-state index in [1.54, 1.807) is 19.2 Å². The molecule has 92 valence electrons. The minimum atomic E-state index is -0.195. The van der Waals surface area contributed by atoms with E-state index in [1.807, 2.05) is 6.07 Å². The fraction of sp³-hybridized carbons (Fsp3) is 0.462. The maximum Gasteiger partial charge on any atom is 0.137 e. The third-order valence-electron chi connectivity index (χ3n) is 2.36. The van der Waals surface area contributed by atoms with Crippen molar-refractivity contribution < 1.29 is 4.74 Å². The van der Waals surface area contributed by atoms with Crippen LogP contribution in [0.2, 0.25) is 5.02 Å². The third kappa shape index (κ3) is 4.16. The number of nitrogens with zero attached hydrogens (tertiary/aromatic N) is 1. The molecule has 0 aliphatic rings. The molecule has 1 N–H and O–H groups in total. The summed E-state index contributed by atoms with van der Waals surface area (Å²) < 4.78 is 5.07. The second-order valence-electron chi connectivity index (χ2n) is 4.30. The summed E-state index contributed by atoms with van der Waals surface area (Å²) in [5, 5.41) is 12.7. The largest absolute Gasteiger partial charge is 0.495 e. The Balaban J connectivity index is 2.74. The number of ether oxygens (including phenoxy) is 1. The van der Waals surface area contributed by atoms with Crippen LogP contribution in [0.5, 0.6) is 5.75 Å². The quantitative estimate of drug-likeness (QED) is 0.869. The van der Waals surface area contributed by atoms with Crippen molar-refractivity contribution in [3.8, 4) is 11.8 Å². The highest BCUT2D eigenvalue weighted by molar-refractivity contribution is 6.32. The van der Waals surface area contributed by atoms with Crippen molar-refractivity contribution in [1.29, 1.82) is 5.26 Å². The zero-order chi connectivity index (χ0) is 12.8. The van der Waals surface area contributed by atoms with Gasteiger partial charge in [-0.2, -0.15) is 5.26 Å². The lowest BCUT2D eigenvalue weighted by atomic mass is 10.0. The van der Waals surface area contributed by atoms with Crippen molar-refractivity contribution in [1.82, 2.24) is 0 Å². The van der Waals surface area contributed by atoms with Crippen LogP contribution in [0, 0.1) is 17.2 Å². The lowest BCUT2D eigenvalue weighted by molar-refractivity contribution is 0.415. The van der Waals surface area contributed by atoms with E-state index in [1.165, 1.54) is 0 Å². The number of benzene rings is 1. The van der Waals surface area contributed by atoms with E-state index in [-0.39, 0.29) is 6.04 Å². The average Bonchev–Trinajstić information content (AvgIpc) is 2.27. The van der Waals surface area contributed by atoms with Crippen molar-refractivity contribution >= 4 is 17.3 Å². The van der Waals surface area contributed by atoms with Crippen LogP contribution in [-0.4, -0.2) is 13.2 Å². The van der Waals surface area contributed by atoms with E-state index in [9.17, 15) is 0 Å². The first-order valence-electron chi connectivity index (χ1n) is 5.56. The number of hydrogen-bond acceptors (Lipinski definition) is 3. The summed E-state index contributed by atoms with van der Waals surface area (Å²) in [5.41, 5.74) is 0.836. The van der Waals surface area contributed by atoms with Crippen molar-refractivity contribution in [2.24, 2.45) is 5.92 Å². The first-order valence-corrected chi connectivity index (χ1v) is 5.94. The van der Waals surface area contributed by atoms with Crippen molar-refractivity contribution in [3.63, 3.8) is 0 Å². The van der Waals surface area contributed by atoms with Gasteiger partial charge in [-0.25, -0.2) is 0 Å². The summed E-state index contributed by atoms with van der Waals surface area (Å²) in [6.45, 7) is 4.18. The van der Waals surface area contributed by atoms with Gasteiger partial charge in [0.05, 0.1) is 18.2 Å². The van der Waals surface area contributed by atoms with Gasteiger partial charge in [-0.3, -0.25) is 0 Å². The van der Waals surface area contributed by atoms with Gasteiger partial charge in [0.15, 0.2) is 0 Å². The van der Waals surface area contributed by atoms with E-state index >= 15 is 0 Å². The fourth-order valence-corrected chi connectivity index (χ4v) is 1.83. The molecular weight excluding hydrogens is 236 g/mol. The molecule has 0 spiro atoms.